The Morgan fingerprint density at radius 3 is 2.14 bits per heavy atom. The topological polar surface area (TPSA) is 0 Å². The van der Waals surface area contributed by atoms with Crippen LogP contribution in [0.4, 0.5) is 0 Å². The monoisotopic (exact) mass is 188 g/mol. The van der Waals surface area contributed by atoms with Crippen molar-refractivity contribution in [3.8, 4) is 0 Å². The van der Waals surface area contributed by atoms with E-state index in [0.717, 1.165) is 0 Å². The molecule has 0 spiro atoms. The molecule has 0 heterocycles. The minimum Gasteiger partial charge on any atom is -0.0593 e. The Morgan fingerprint density at radius 1 is 1.14 bits per heavy atom. The van der Waals surface area contributed by atoms with E-state index in [1.165, 1.54) is 30.4 Å². The molecule has 1 aromatic carbocycles. The van der Waals surface area contributed by atoms with Gasteiger partial charge in [-0.15, -0.1) is 0 Å². The zero-order chi connectivity index (χ0) is 10.2. The predicted octanol–water partition coefficient (Wildman–Crippen LogP) is 4.15. The zero-order valence-electron chi connectivity index (χ0n) is 9.51. The largest absolute Gasteiger partial charge is 0.0593 e. The molecule has 0 bridgehead atoms. The van der Waals surface area contributed by atoms with E-state index in [1.807, 2.05) is 0 Å². The van der Waals surface area contributed by atoms with Crippen molar-refractivity contribution in [3.05, 3.63) is 35.4 Å². The number of hydrogen-bond acceptors (Lipinski definition) is 0. The van der Waals surface area contributed by atoms with Crippen molar-refractivity contribution in [2.24, 2.45) is 5.41 Å². The fourth-order valence-corrected chi connectivity index (χ4v) is 1.90. The van der Waals surface area contributed by atoms with Crippen LogP contribution in [0, 0.1) is 5.41 Å². The Labute approximate surface area is 87.3 Å². The van der Waals surface area contributed by atoms with Crippen LogP contribution in [0.25, 0.3) is 0 Å². The minimum atomic E-state index is 0.638. The summed E-state index contributed by atoms with van der Waals surface area (Å²) in [6, 6.07) is 9.18. The lowest BCUT2D eigenvalue weighted by atomic mass is 9.96. The highest BCUT2D eigenvalue weighted by Gasteiger charge is 2.36. The standard InChI is InChI=1S/C14H20/c1-11(2)13-6-4-12(5-7-13)10-14(3)8-9-14/h4-7,11H,8-10H2,1-3H3. The van der Waals surface area contributed by atoms with Gasteiger partial charge < -0.3 is 0 Å². The van der Waals surface area contributed by atoms with E-state index in [4.69, 9.17) is 0 Å². The molecular weight excluding hydrogens is 168 g/mol. The summed E-state index contributed by atoms with van der Waals surface area (Å²) in [5.41, 5.74) is 3.60. The fourth-order valence-electron chi connectivity index (χ4n) is 1.90. The summed E-state index contributed by atoms with van der Waals surface area (Å²) < 4.78 is 0. The van der Waals surface area contributed by atoms with Gasteiger partial charge in [-0.1, -0.05) is 45.0 Å². The molecule has 0 amide bonds. The maximum atomic E-state index is 2.39. The van der Waals surface area contributed by atoms with Crippen LogP contribution in [0.15, 0.2) is 24.3 Å². The summed E-state index contributed by atoms with van der Waals surface area (Å²) >= 11 is 0. The van der Waals surface area contributed by atoms with E-state index in [9.17, 15) is 0 Å². The summed E-state index contributed by atoms with van der Waals surface area (Å²) in [6.07, 6.45) is 4.10. The van der Waals surface area contributed by atoms with Gasteiger partial charge in [-0.25, -0.2) is 0 Å². The van der Waals surface area contributed by atoms with Crippen LogP contribution in [0.3, 0.4) is 0 Å². The molecule has 1 aliphatic rings. The van der Waals surface area contributed by atoms with Gasteiger partial charge in [-0.05, 0) is 41.7 Å². The minimum absolute atomic E-state index is 0.638. The summed E-state index contributed by atoms with van der Waals surface area (Å²) in [5.74, 6) is 0.653. The number of rotatable bonds is 3. The van der Waals surface area contributed by atoms with Crippen molar-refractivity contribution in [1.29, 1.82) is 0 Å². The highest BCUT2D eigenvalue weighted by molar-refractivity contribution is 5.26. The SMILES string of the molecule is CC(C)c1ccc(CC2(C)CC2)cc1. The maximum absolute atomic E-state index is 2.39. The van der Waals surface area contributed by atoms with E-state index in [1.54, 1.807) is 0 Å². The molecule has 0 heteroatoms. The highest BCUT2D eigenvalue weighted by atomic mass is 14.4. The summed E-state index contributed by atoms with van der Waals surface area (Å²) in [4.78, 5) is 0. The molecule has 0 saturated heterocycles. The van der Waals surface area contributed by atoms with Crippen molar-refractivity contribution < 1.29 is 0 Å². The lowest BCUT2D eigenvalue weighted by Crippen LogP contribution is -1.99. The lowest BCUT2D eigenvalue weighted by Gasteiger charge is -2.10. The van der Waals surface area contributed by atoms with Gasteiger partial charge in [-0.2, -0.15) is 0 Å². The van der Waals surface area contributed by atoms with Crippen LogP contribution in [0.2, 0.25) is 0 Å². The number of hydrogen-bond donors (Lipinski definition) is 0. The maximum Gasteiger partial charge on any atom is -0.0219 e. The Morgan fingerprint density at radius 2 is 1.71 bits per heavy atom. The van der Waals surface area contributed by atoms with Gasteiger partial charge in [0.25, 0.3) is 0 Å². The Bertz CT molecular complexity index is 301. The second-order valence-corrected chi connectivity index (χ2v) is 5.38. The van der Waals surface area contributed by atoms with Gasteiger partial charge in [0.1, 0.15) is 0 Å². The van der Waals surface area contributed by atoms with Crippen molar-refractivity contribution in [3.63, 3.8) is 0 Å². The molecule has 14 heavy (non-hydrogen) atoms. The van der Waals surface area contributed by atoms with Crippen LogP contribution in [-0.2, 0) is 6.42 Å². The third-order valence-corrected chi connectivity index (χ3v) is 3.38. The molecule has 2 rings (SSSR count). The van der Waals surface area contributed by atoms with Crippen LogP contribution in [-0.4, -0.2) is 0 Å². The molecular formula is C14H20. The Hall–Kier alpha value is -0.780. The van der Waals surface area contributed by atoms with E-state index in [2.05, 4.69) is 45.0 Å². The van der Waals surface area contributed by atoms with Crippen LogP contribution in [0.5, 0.6) is 0 Å². The zero-order valence-corrected chi connectivity index (χ0v) is 9.51. The van der Waals surface area contributed by atoms with Gasteiger partial charge in [0.05, 0.1) is 0 Å². The quantitative estimate of drug-likeness (QED) is 0.668. The molecule has 0 aliphatic heterocycles. The smallest absolute Gasteiger partial charge is 0.0219 e. The molecule has 76 valence electrons. The molecule has 0 radical (unpaired) electrons. The van der Waals surface area contributed by atoms with Gasteiger partial charge in [0.15, 0.2) is 0 Å². The number of benzene rings is 1. The first-order valence-corrected chi connectivity index (χ1v) is 5.68. The first-order valence-electron chi connectivity index (χ1n) is 5.68. The Balaban J connectivity index is 2.06. The molecule has 0 nitrogen and oxygen atoms in total. The predicted molar refractivity (Wildman–Crippen MR) is 61.6 cm³/mol. The highest BCUT2D eigenvalue weighted by Crippen LogP contribution is 2.47. The van der Waals surface area contributed by atoms with Gasteiger partial charge in [-0.3, -0.25) is 0 Å². The Kier molecular flexibility index (Phi) is 2.38. The van der Waals surface area contributed by atoms with Gasteiger partial charge >= 0.3 is 0 Å². The first kappa shape index (κ1) is 9.76. The molecule has 0 unspecified atom stereocenters. The van der Waals surface area contributed by atoms with Crippen molar-refractivity contribution in [1.82, 2.24) is 0 Å². The summed E-state index contributed by atoms with van der Waals surface area (Å²) in [7, 11) is 0. The van der Waals surface area contributed by atoms with Gasteiger partial charge in [0, 0.05) is 0 Å². The molecule has 1 aliphatic carbocycles. The van der Waals surface area contributed by atoms with E-state index < -0.39 is 0 Å². The fraction of sp³-hybridized carbons (Fsp3) is 0.571. The summed E-state index contributed by atoms with van der Waals surface area (Å²) in [6.45, 7) is 6.89. The van der Waals surface area contributed by atoms with Crippen molar-refractivity contribution >= 4 is 0 Å². The van der Waals surface area contributed by atoms with Crippen molar-refractivity contribution in [2.75, 3.05) is 0 Å². The normalized spacial score (nSPS) is 18.6. The second-order valence-electron chi connectivity index (χ2n) is 5.38. The second kappa shape index (κ2) is 3.42. The molecule has 1 fully saturated rings. The summed E-state index contributed by atoms with van der Waals surface area (Å²) in [5, 5.41) is 0. The third-order valence-electron chi connectivity index (χ3n) is 3.38. The molecule has 1 aromatic rings. The average Bonchev–Trinajstić information content (AvgIpc) is 2.84. The van der Waals surface area contributed by atoms with Crippen LogP contribution in [0.1, 0.15) is 50.7 Å². The molecule has 1 saturated carbocycles. The van der Waals surface area contributed by atoms with E-state index in [-0.39, 0.29) is 0 Å². The van der Waals surface area contributed by atoms with Crippen molar-refractivity contribution in [2.45, 2.75) is 46.0 Å². The van der Waals surface area contributed by atoms with Crippen LogP contribution >= 0.6 is 0 Å². The lowest BCUT2D eigenvalue weighted by molar-refractivity contribution is 0.570. The molecule has 0 N–H and O–H groups in total. The van der Waals surface area contributed by atoms with E-state index in [0.29, 0.717) is 11.3 Å². The van der Waals surface area contributed by atoms with E-state index >= 15 is 0 Å². The third kappa shape index (κ3) is 2.17. The molecule has 0 aromatic heterocycles. The van der Waals surface area contributed by atoms with Crippen LogP contribution < -0.4 is 0 Å². The van der Waals surface area contributed by atoms with Gasteiger partial charge in [0.2, 0.25) is 0 Å². The average molecular weight is 188 g/mol. The molecule has 0 atom stereocenters. The first-order chi connectivity index (χ1) is 6.59.